The van der Waals surface area contributed by atoms with E-state index in [0.717, 1.165) is 15.5 Å². The second-order valence-electron chi connectivity index (χ2n) is 2.33. The van der Waals surface area contributed by atoms with E-state index in [1.54, 1.807) is 12.4 Å². The maximum Gasteiger partial charge on any atom is 0.104 e. The number of benzene rings is 1. The van der Waals surface area contributed by atoms with E-state index < -0.39 is 0 Å². The molecule has 0 radical (unpaired) electrons. The lowest BCUT2D eigenvalue weighted by molar-refractivity contribution is 1.34. The normalized spacial score (nSPS) is 10.0. The molecule has 3 nitrogen and oxygen atoms in total. The molecular formula is C8H4BrN3. The number of H-pyrrole nitrogens is 1. The molecule has 0 atom stereocenters. The van der Waals surface area contributed by atoms with Crippen LogP contribution >= 0.6 is 15.9 Å². The van der Waals surface area contributed by atoms with Crippen molar-refractivity contribution in [3.63, 3.8) is 0 Å². The molecule has 2 aromatic rings. The van der Waals surface area contributed by atoms with E-state index in [-0.39, 0.29) is 0 Å². The number of hydrogen-bond donors (Lipinski definition) is 1. The quantitative estimate of drug-likeness (QED) is 0.742. The number of fused-ring (bicyclic) bond motifs is 1. The summed E-state index contributed by atoms with van der Waals surface area (Å²) in [5.41, 5.74) is 2.20. The Hall–Kier alpha value is -1.34. The number of nitriles is 1. The van der Waals surface area contributed by atoms with E-state index in [2.05, 4.69) is 32.0 Å². The highest BCUT2D eigenvalue weighted by Gasteiger charge is 2.04. The Kier molecular flexibility index (Phi) is 1.59. The van der Waals surface area contributed by atoms with Crippen LogP contribution in [0.25, 0.3) is 11.0 Å². The van der Waals surface area contributed by atoms with Gasteiger partial charge in [-0.1, -0.05) is 0 Å². The van der Waals surface area contributed by atoms with Crippen molar-refractivity contribution in [2.45, 2.75) is 0 Å². The molecule has 1 aromatic heterocycles. The molecule has 0 amide bonds. The van der Waals surface area contributed by atoms with Crippen molar-refractivity contribution in [3.8, 4) is 6.07 Å². The Balaban J connectivity index is 2.94. The molecule has 0 bridgehead atoms. The number of imidazole rings is 1. The van der Waals surface area contributed by atoms with Gasteiger partial charge in [-0.25, -0.2) is 4.98 Å². The summed E-state index contributed by atoms with van der Waals surface area (Å²) in [5.74, 6) is 0. The van der Waals surface area contributed by atoms with Crippen molar-refractivity contribution in [1.82, 2.24) is 9.97 Å². The molecule has 0 aliphatic carbocycles. The van der Waals surface area contributed by atoms with Crippen molar-refractivity contribution in [2.75, 3.05) is 0 Å². The van der Waals surface area contributed by atoms with Crippen molar-refractivity contribution >= 4 is 27.0 Å². The fourth-order valence-corrected chi connectivity index (χ4v) is 1.53. The summed E-state index contributed by atoms with van der Waals surface area (Å²) >= 11 is 3.35. The molecule has 1 N–H and O–H groups in total. The van der Waals surface area contributed by atoms with Gasteiger partial charge in [-0.3, -0.25) is 0 Å². The van der Waals surface area contributed by atoms with Crippen LogP contribution in [0.15, 0.2) is 22.9 Å². The minimum Gasteiger partial charge on any atom is -0.343 e. The van der Waals surface area contributed by atoms with Gasteiger partial charge in [-0.2, -0.15) is 5.26 Å². The van der Waals surface area contributed by atoms with Crippen molar-refractivity contribution in [1.29, 1.82) is 5.26 Å². The molecule has 0 aliphatic rings. The Morgan fingerprint density at radius 1 is 1.50 bits per heavy atom. The smallest absolute Gasteiger partial charge is 0.104 e. The third kappa shape index (κ3) is 0.908. The number of hydrogen-bond acceptors (Lipinski definition) is 2. The van der Waals surface area contributed by atoms with E-state index in [0.29, 0.717) is 5.56 Å². The van der Waals surface area contributed by atoms with Crippen LogP contribution in [0.5, 0.6) is 0 Å². The van der Waals surface area contributed by atoms with Crippen molar-refractivity contribution < 1.29 is 0 Å². The van der Waals surface area contributed by atoms with Crippen molar-refractivity contribution in [3.05, 3.63) is 28.5 Å². The molecule has 58 valence electrons. The van der Waals surface area contributed by atoms with Crippen LogP contribution in [0.4, 0.5) is 0 Å². The zero-order chi connectivity index (χ0) is 8.55. The molecule has 1 aromatic carbocycles. The maximum atomic E-state index is 8.73. The Labute approximate surface area is 77.2 Å². The van der Waals surface area contributed by atoms with Crippen LogP contribution in [-0.2, 0) is 0 Å². The van der Waals surface area contributed by atoms with Gasteiger partial charge in [-0.15, -0.1) is 0 Å². The van der Waals surface area contributed by atoms with Gasteiger partial charge in [-0.05, 0) is 28.1 Å². The van der Waals surface area contributed by atoms with E-state index in [1.165, 1.54) is 0 Å². The summed E-state index contributed by atoms with van der Waals surface area (Å²) < 4.78 is 0.901. The molecule has 0 unspecified atom stereocenters. The monoisotopic (exact) mass is 221 g/mol. The zero-order valence-corrected chi connectivity index (χ0v) is 7.59. The minimum absolute atomic E-state index is 0.616. The van der Waals surface area contributed by atoms with Gasteiger partial charge in [0, 0.05) is 4.47 Å². The summed E-state index contributed by atoms with van der Waals surface area (Å²) in [7, 11) is 0. The number of rotatable bonds is 0. The first-order valence-corrected chi connectivity index (χ1v) is 4.14. The van der Waals surface area contributed by atoms with Crippen LogP contribution in [-0.4, -0.2) is 9.97 Å². The molecule has 0 saturated carbocycles. The van der Waals surface area contributed by atoms with Gasteiger partial charge in [0.2, 0.25) is 0 Å². The van der Waals surface area contributed by atoms with Crippen LogP contribution in [0.2, 0.25) is 0 Å². The predicted octanol–water partition coefficient (Wildman–Crippen LogP) is 2.20. The second kappa shape index (κ2) is 2.61. The highest BCUT2D eigenvalue weighted by Crippen LogP contribution is 2.22. The van der Waals surface area contributed by atoms with Gasteiger partial charge in [0.25, 0.3) is 0 Å². The first-order valence-electron chi connectivity index (χ1n) is 3.34. The number of nitrogens with zero attached hydrogens (tertiary/aromatic N) is 2. The average Bonchev–Trinajstić information content (AvgIpc) is 2.54. The second-order valence-corrected chi connectivity index (χ2v) is 3.19. The van der Waals surface area contributed by atoms with Gasteiger partial charge >= 0.3 is 0 Å². The first kappa shape index (κ1) is 7.32. The van der Waals surface area contributed by atoms with Crippen LogP contribution in [0.1, 0.15) is 5.56 Å². The van der Waals surface area contributed by atoms with Crippen LogP contribution in [0, 0.1) is 11.3 Å². The fourth-order valence-electron chi connectivity index (χ4n) is 1.09. The van der Waals surface area contributed by atoms with E-state index in [1.807, 2.05) is 6.07 Å². The number of aromatic nitrogens is 2. The minimum atomic E-state index is 0.616. The zero-order valence-electron chi connectivity index (χ0n) is 6.00. The Morgan fingerprint density at radius 2 is 2.33 bits per heavy atom. The molecular weight excluding hydrogens is 218 g/mol. The van der Waals surface area contributed by atoms with Gasteiger partial charge < -0.3 is 4.98 Å². The Morgan fingerprint density at radius 3 is 3.08 bits per heavy atom. The SMILES string of the molecule is N#Cc1ccc(Br)c2nc[nH]c12. The summed E-state index contributed by atoms with van der Waals surface area (Å²) in [6.07, 6.45) is 1.58. The van der Waals surface area contributed by atoms with Crippen LogP contribution in [0.3, 0.4) is 0 Å². The van der Waals surface area contributed by atoms with Gasteiger partial charge in [0.1, 0.15) is 11.6 Å². The standard InChI is InChI=1S/C8H4BrN3/c9-6-2-1-5(3-10)7-8(6)12-4-11-7/h1-2,4H,(H,11,12). The fraction of sp³-hybridized carbons (Fsp3) is 0. The molecule has 0 fully saturated rings. The predicted molar refractivity (Wildman–Crippen MR) is 48.5 cm³/mol. The molecule has 0 saturated heterocycles. The summed E-state index contributed by atoms with van der Waals surface area (Å²) in [6, 6.07) is 5.67. The summed E-state index contributed by atoms with van der Waals surface area (Å²) in [5, 5.41) is 8.73. The average molecular weight is 222 g/mol. The Bertz CT molecular complexity index is 467. The number of halogens is 1. The lowest BCUT2D eigenvalue weighted by Crippen LogP contribution is -1.78. The molecule has 2 rings (SSSR count). The molecule has 0 spiro atoms. The summed E-state index contributed by atoms with van der Waals surface area (Å²) in [4.78, 5) is 6.99. The van der Waals surface area contributed by atoms with Gasteiger partial charge in [0.15, 0.2) is 0 Å². The van der Waals surface area contributed by atoms with Gasteiger partial charge in [0.05, 0.1) is 17.4 Å². The lowest BCUT2D eigenvalue weighted by Gasteiger charge is -1.93. The topological polar surface area (TPSA) is 52.5 Å². The lowest BCUT2D eigenvalue weighted by atomic mass is 10.2. The molecule has 0 aliphatic heterocycles. The van der Waals surface area contributed by atoms with E-state index in [4.69, 9.17) is 5.26 Å². The third-order valence-corrected chi connectivity index (χ3v) is 2.29. The molecule has 1 heterocycles. The number of aromatic amines is 1. The molecule has 12 heavy (non-hydrogen) atoms. The van der Waals surface area contributed by atoms with Crippen LogP contribution < -0.4 is 0 Å². The van der Waals surface area contributed by atoms with Crippen molar-refractivity contribution in [2.24, 2.45) is 0 Å². The maximum absolute atomic E-state index is 8.73. The highest BCUT2D eigenvalue weighted by atomic mass is 79.9. The number of nitrogens with one attached hydrogen (secondary N) is 1. The first-order chi connectivity index (χ1) is 5.83. The largest absolute Gasteiger partial charge is 0.343 e. The van der Waals surface area contributed by atoms with E-state index >= 15 is 0 Å². The molecule has 4 heteroatoms. The van der Waals surface area contributed by atoms with E-state index in [9.17, 15) is 0 Å². The highest BCUT2D eigenvalue weighted by molar-refractivity contribution is 9.10. The third-order valence-electron chi connectivity index (χ3n) is 1.65. The summed E-state index contributed by atoms with van der Waals surface area (Å²) in [6.45, 7) is 0.